The van der Waals surface area contributed by atoms with Gasteiger partial charge in [0.25, 0.3) is 5.91 Å². The first-order chi connectivity index (χ1) is 9.99. The molecule has 112 valence electrons. The van der Waals surface area contributed by atoms with Gasteiger partial charge in [-0.15, -0.1) is 0 Å². The number of anilines is 1. The Hall–Kier alpha value is -1.75. The lowest BCUT2D eigenvalue weighted by atomic mass is 9.84. The number of hydrogen-bond acceptors (Lipinski definition) is 3. The largest absolute Gasteiger partial charge is 0.481 e. The highest BCUT2D eigenvalue weighted by atomic mass is 35.5. The van der Waals surface area contributed by atoms with Crippen LogP contribution in [0.5, 0.6) is 0 Å². The van der Waals surface area contributed by atoms with Gasteiger partial charge in [0.05, 0.1) is 16.5 Å². The highest BCUT2D eigenvalue weighted by molar-refractivity contribution is 6.34. The summed E-state index contributed by atoms with van der Waals surface area (Å²) in [7, 11) is 0. The van der Waals surface area contributed by atoms with Crippen LogP contribution in [0.25, 0.3) is 0 Å². The zero-order valence-electron chi connectivity index (χ0n) is 11.4. The van der Waals surface area contributed by atoms with Crippen LogP contribution in [-0.4, -0.2) is 23.0 Å². The highest BCUT2D eigenvalue weighted by Gasteiger charge is 2.51. The van der Waals surface area contributed by atoms with Crippen LogP contribution >= 0.6 is 11.6 Å². The van der Waals surface area contributed by atoms with E-state index in [4.69, 9.17) is 17.3 Å². The van der Waals surface area contributed by atoms with Gasteiger partial charge in [0.2, 0.25) is 0 Å². The van der Waals surface area contributed by atoms with Crippen LogP contribution in [0.15, 0.2) is 18.2 Å². The second-order valence-electron chi connectivity index (χ2n) is 5.89. The summed E-state index contributed by atoms with van der Waals surface area (Å²) >= 11 is 6.03. The monoisotopic (exact) mass is 308 g/mol. The topological polar surface area (TPSA) is 92.4 Å². The Bertz CT molecular complexity index is 605. The number of fused-ring (bicyclic) bond motifs is 2. The number of carboxylic acid groups (broad SMARTS) is 1. The summed E-state index contributed by atoms with van der Waals surface area (Å²) in [5.74, 6) is -1.25. The zero-order chi connectivity index (χ0) is 15.1. The first-order valence-corrected chi connectivity index (χ1v) is 7.44. The summed E-state index contributed by atoms with van der Waals surface area (Å²) in [5.41, 5.74) is 6.13. The third kappa shape index (κ3) is 2.35. The van der Waals surface area contributed by atoms with Crippen LogP contribution in [0, 0.1) is 17.8 Å². The summed E-state index contributed by atoms with van der Waals surface area (Å²) in [6, 6.07) is 4.87. The maximum atomic E-state index is 11.6. The van der Waals surface area contributed by atoms with E-state index in [2.05, 4.69) is 5.32 Å². The van der Waals surface area contributed by atoms with Crippen LogP contribution < -0.4 is 11.1 Å². The number of nitrogens with two attached hydrogens (primary N) is 1. The molecule has 0 spiro atoms. The van der Waals surface area contributed by atoms with Crippen molar-refractivity contribution in [1.29, 1.82) is 0 Å². The van der Waals surface area contributed by atoms with Crippen LogP contribution in [-0.2, 0) is 4.79 Å². The van der Waals surface area contributed by atoms with Crippen molar-refractivity contribution >= 4 is 29.2 Å². The lowest BCUT2D eigenvalue weighted by Crippen LogP contribution is -2.39. The van der Waals surface area contributed by atoms with E-state index >= 15 is 0 Å². The SMILES string of the molecule is NC(=O)c1c(Cl)cccc1NC1C2CCC(C2)C1C(=O)O. The van der Waals surface area contributed by atoms with Gasteiger partial charge >= 0.3 is 5.97 Å². The van der Waals surface area contributed by atoms with E-state index in [1.807, 2.05) is 0 Å². The van der Waals surface area contributed by atoms with Gasteiger partial charge in [-0.1, -0.05) is 17.7 Å². The number of primary amides is 1. The van der Waals surface area contributed by atoms with Gasteiger partial charge in [-0.25, -0.2) is 0 Å². The minimum Gasteiger partial charge on any atom is -0.481 e. The molecule has 5 nitrogen and oxygen atoms in total. The molecule has 0 aromatic heterocycles. The predicted octanol–water partition coefficient (Wildman–Crippen LogP) is 2.35. The second-order valence-corrected chi connectivity index (χ2v) is 6.30. The first kappa shape index (κ1) is 14.2. The molecule has 21 heavy (non-hydrogen) atoms. The van der Waals surface area contributed by atoms with Gasteiger partial charge in [-0.3, -0.25) is 9.59 Å². The molecule has 0 radical (unpaired) electrons. The Balaban J connectivity index is 1.92. The normalized spacial score (nSPS) is 30.3. The molecule has 6 heteroatoms. The average Bonchev–Trinajstić information content (AvgIpc) is 2.98. The number of halogens is 1. The molecular weight excluding hydrogens is 292 g/mol. The number of amides is 1. The lowest BCUT2D eigenvalue weighted by molar-refractivity contribution is -0.143. The smallest absolute Gasteiger partial charge is 0.308 e. The number of carboxylic acids is 1. The fourth-order valence-corrected chi connectivity index (χ4v) is 4.20. The van der Waals surface area contributed by atoms with Crippen molar-refractivity contribution < 1.29 is 14.7 Å². The Morgan fingerprint density at radius 2 is 2.00 bits per heavy atom. The Labute approximate surface area is 127 Å². The van der Waals surface area contributed by atoms with Crippen LogP contribution in [0.4, 0.5) is 5.69 Å². The van der Waals surface area contributed by atoms with Gasteiger partial charge in [-0.2, -0.15) is 0 Å². The highest BCUT2D eigenvalue weighted by Crippen LogP contribution is 2.49. The summed E-state index contributed by atoms with van der Waals surface area (Å²) < 4.78 is 0. The van der Waals surface area contributed by atoms with Crippen molar-refractivity contribution in [2.24, 2.45) is 23.5 Å². The molecule has 2 fully saturated rings. The van der Waals surface area contributed by atoms with E-state index < -0.39 is 17.8 Å². The van der Waals surface area contributed by atoms with Crippen molar-refractivity contribution in [3.05, 3.63) is 28.8 Å². The lowest BCUT2D eigenvalue weighted by Gasteiger charge is -2.30. The summed E-state index contributed by atoms with van der Waals surface area (Å²) in [6.45, 7) is 0. The zero-order valence-corrected chi connectivity index (χ0v) is 12.1. The number of benzene rings is 1. The Kier molecular flexibility index (Phi) is 3.53. The third-order valence-corrected chi connectivity index (χ3v) is 5.10. The number of hydrogen-bond donors (Lipinski definition) is 3. The van der Waals surface area contributed by atoms with E-state index in [1.54, 1.807) is 18.2 Å². The Morgan fingerprint density at radius 3 is 2.67 bits per heavy atom. The average molecular weight is 309 g/mol. The molecule has 4 N–H and O–H groups in total. The number of carbonyl (C=O) groups excluding carboxylic acids is 1. The van der Waals surface area contributed by atoms with Crippen molar-refractivity contribution in [2.75, 3.05) is 5.32 Å². The molecule has 0 heterocycles. The first-order valence-electron chi connectivity index (χ1n) is 7.06. The van der Waals surface area contributed by atoms with Gasteiger partial charge in [0, 0.05) is 11.7 Å². The molecule has 4 atom stereocenters. The molecule has 4 unspecified atom stereocenters. The third-order valence-electron chi connectivity index (χ3n) is 4.78. The minimum absolute atomic E-state index is 0.169. The van der Waals surface area contributed by atoms with Crippen molar-refractivity contribution in [3.8, 4) is 0 Å². The number of carbonyl (C=O) groups is 2. The van der Waals surface area contributed by atoms with E-state index in [0.29, 0.717) is 11.6 Å². The predicted molar refractivity (Wildman–Crippen MR) is 79.3 cm³/mol. The van der Waals surface area contributed by atoms with Gasteiger partial charge in [-0.05, 0) is 43.2 Å². The molecule has 0 aliphatic heterocycles. The number of aliphatic carboxylic acids is 1. The quantitative estimate of drug-likeness (QED) is 0.796. The maximum Gasteiger partial charge on any atom is 0.308 e. The summed E-state index contributed by atoms with van der Waals surface area (Å²) in [5, 5.41) is 13.0. The van der Waals surface area contributed by atoms with E-state index in [1.165, 1.54) is 0 Å². The summed E-state index contributed by atoms with van der Waals surface area (Å²) in [4.78, 5) is 23.1. The van der Waals surface area contributed by atoms with E-state index in [0.717, 1.165) is 19.3 Å². The summed E-state index contributed by atoms with van der Waals surface area (Å²) in [6.07, 6.45) is 2.93. The van der Waals surface area contributed by atoms with Gasteiger partial charge < -0.3 is 16.2 Å². The van der Waals surface area contributed by atoms with E-state index in [-0.39, 0.29) is 22.5 Å². The van der Waals surface area contributed by atoms with Crippen molar-refractivity contribution in [2.45, 2.75) is 25.3 Å². The molecular formula is C15H17ClN2O3. The fourth-order valence-electron chi connectivity index (χ4n) is 3.93. The van der Waals surface area contributed by atoms with Crippen molar-refractivity contribution in [1.82, 2.24) is 0 Å². The Morgan fingerprint density at radius 1 is 1.29 bits per heavy atom. The molecule has 2 aliphatic carbocycles. The molecule has 2 bridgehead atoms. The van der Waals surface area contributed by atoms with Crippen LogP contribution in [0.1, 0.15) is 29.6 Å². The number of rotatable bonds is 4. The van der Waals surface area contributed by atoms with Crippen LogP contribution in [0.2, 0.25) is 5.02 Å². The molecule has 3 rings (SSSR count). The maximum absolute atomic E-state index is 11.6. The van der Waals surface area contributed by atoms with Gasteiger partial charge in [0.1, 0.15) is 0 Å². The number of nitrogens with one attached hydrogen (secondary N) is 1. The molecule has 1 aromatic rings. The molecule has 2 aliphatic rings. The van der Waals surface area contributed by atoms with Crippen LogP contribution in [0.3, 0.4) is 0 Å². The fraction of sp³-hybridized carbons (Fsp3) is 0.467. The standard InChI is InChI=1S/C15H17ClN2O3/c16-9-2-1-3-10(12(9)14(17)19)18-13-8-5-4-7(6-8)11(13)15(20)21/h1-3,7-8,11,13,18H,4-6H2,(H2,17,19)(H,20,21). The molecule has 1 amide bonds. The van der Waals surface area contributed by atoms with Gasteiger partial charge in [0.15, 0.2) is 0 Å². The van der Waals surface area contributed by atoms with E-state index in [9.17, 15) is 14.7 Å². The minimum atomic E-state index is -0.776. The molecule has 0 saturated heterocycles. The van der Waals surface area contributed by atoms with Crippen molar-refractivity contribution in [3.63, 3.8) is 0 Å². The second kappa shape index (κ2) is 5.22. The molecule has 2 saturated carbocycles. The molecule has 1 aromatic carbocycles.